The average molecular weight is 201 g/mol. The number of hydrogen-bond donors (Lipinski definition) is 2. The van der Waals surface area contributed by atoms with Gasteiger partial charge in [-0.15, -0.1) is 0 Å². The summed E-state index contributed by atoms with van der Waals surface area (Å²) in [5.41, 5.74) is 0.214. The van der Waals surface area contributed by atoms with Gasteiger partial charge in [0.1, 0.15) is 5.15 Å². The van der Waals surface area contributed by atoms with Gasteiger partial charge in [-0.25, -0.2) is 4.98 Å². The predicted octanol–water partition coefficient (Wildman–Crippen LogP) is -0.186. The quantitative estimate of drug-likeness (QED) is 0.526. The van der Waals surface area contributed by atoms with Gasteiger partial charge in [-0.2, -0.15) is 0 Å². The summed E-state index contributed by atoms with van der Waals surface area (Å²) >= 11 is 5.60. The zero-order valence-electron chi connectivity index (χ0n) is 7.07. The molecule has 0 atom stereocenters. The maximum absolute atomic E-state index is 8.91. The van der Waals surface area contributed by atoms with Gasteiger partial charge in [0.2, 0.25) is 5.88 Å². The number of ether oxygens (including phenoxy) is 1. The van der Waals surface area contributed by atoms with Gasteiger partial charge < -0.3 is 14.8 Å². The lowest BCUT2D eigenvalue weighted by Gasteiger charge is -2.07. The fourth-order valence-corrected chi connectivity index (χ4v) is 1.02. The number of nitrogens with zero attached hydrogens (tertiary/aromatic N) is 1. The first-order valence-electron chi connectivity index (χ1n) is 3.80. The molecule has 0 saturated heterocycles. The minimum atomic E-state index is -1.59. The van der Waals surface area contributed by atoms with Gasteiger partial charge >= 0.3 is 7.12 Å². The monoisotopic (exact) mass is 201 g/mol. The topological polar surface area (TPSA) is 62.6 Å². The third-order valence-corrected chi connectivity index (χ3v) is 1.63. The molecule has 1 aromatic heterocycles. The third-order valence-electron chi connectivity index (χ3n) is 1.41. The van der Waals surface area contributed by atoms with Crippen LogP contribution in [0, 0.1) is 0 Å². The highest BCUT2D eigenvalue weighted by Gasteiger charge is 2.18. The molecule has 2 N–H and O–H groups in total. The summed E-state index contributed by atoms with van der Waals surface area (Å²) < 4.78 is 5.06. The van der Waals surface area contributed by atoms with Gasteiger partial charge in [-0.1, -0.05) is 17.7 Å². The molecule has 0 fully saturated rings. The van der Waals surface area contributed by atoms with Crippen LogP contribution in [0.3, 0.4) is 0 Å². The summed E-state index contributed by atoms with van der Waals surface area (Å²) in [5.74, 6) is 0.157. The first kappa shape index (κ1) is 10.3. The lowest BCUT2D eigenvalue weighted by molar-refractivity contribution is 0.327. The Balaban J connectivity index is 3.03. The summed E-state index contributed by atoms with van der Waals surface area (Å²) in [6, 6.07) is 2.93. The molecule has 0 saturated carbocycles. The van der Waals surface area contributed by atoms with Crippen molar-refractivity contribution in [3.63, 3.8) is 0 Å². The molecule has 0 aliphatic carbocycles. The minimum Gasteiger partial charge on any atom is -0.478 e. The summed E-state index contributed by atoms with van der Waals surface area (Å²) in [4.78, 5) is 3.81. The van der Waals surface area contributed by atoms with Crippen molar-refractivity contribution in [2.24, 2.45) is 0 Å². The Bertz CT molecular complexity index is 295. The average Bonchev–Trinajstić information content (AvgIpc) is 2.04. The molecule has 13 heavy (non-hydrogen) atoms. The van der Waals surface area contributed by atoms with Gasteiger partial charge in [0.15, 0.2) is 0 Å². The Labute approximate surface area is 81.3 Å². The normalized spacial score (nSPS) is 9.85. The second-order valence-corrected chi connectivity index (χ2v) is 2.72. The molecular weight excluding hydrogens is 192 g/mol. The highest BCUT2D eigenvalue weighted by Crippen LogP contribution is 2.09. The van der Waals surface area contributed by atoms with Crippen LogP contribution in [0.1, 0.15) is 6.92 Å². The first-order valence-corrected chi connectivity index (χ1v) is 4.18. The highest BCUT2D eigenvalue weighted by atomic mass is 35.5. The maximum atomic E-state index is 8.91. The Morgan fingerprint density at radius 1 is 1.54 bits per heavy atom. The minimum absolute atomic E-state index is 0.157. The molecule has 70 valence electrons. The number of halogens is 1. The van der Waals surface area contributed by atoms with Gasteiger partial charge in [-0.05, 0) is 13.0 Å². The highest BCUT2D eigenvalue weighted by molar-refractivity contribution is 6.59. The van der Waals surface area contributed by atoms with Crippen molar-refractivity contribution in [1.29, 1.82) is 0 Å². The molecule has 0 aliphatic rings. The smallest absolute Gasteiger partial charge is 0.478 e. The van der Waals surface area contributed by atoms with Crippen molar-refractivity contribution in [2.45, 2.75) is 6.92 Å². The van der Waals surface area contributed by atoms with Gasteiger partial charge in [0.25, 0.3) is 0 Å². The third kappa shape index (κ3) is 2.58. The molecule has 1 aromatic rings. The van der Waals surface area contributed by atoms with Gasteiger partial charge in [0, 0.05) is 5.46 Å². The standard InChI is InChI=1S/C7H9BClNO3/c1-2-13-7-5(8(11)12)3-4-6(9)10-7/h3-4,11-12H,2H2,1H3. The molecule has 1 rings (SSSR count). The van der Waals surface area contributed by atoms with Crippen LogP contribution < -0.4 is 10.2 Å². The van der Waals surface area contributed by atoms with Gasteiger partial charge in [0.05, 0.1) is 6.61 Å². The zero-order chi connectivity index (χ0) is 9.84. The molecule has 0 spiro atoms. The van der Waals surface area contributed by atoms with Gasteiger partial charge in [-0.3, -0.25) is 0 Å². The van der Waals surface area contributed by atoms with Crippen LogP contribution in [0.2, 0.25) is 5.15 Å². The van der Waals surface area contributed by atoms with E-state index in [1.807, 2.05) is 0 Å². The van der Waals surface area contributed by atoms with E-state index in [0.29, 0.717) is 6.61 Å². The van der Waals surface area contributed by atoms with Crippen LogP contribution in [-0.2, 0) is 0 Å². The van der Waals surface area contributed by atoms with Crippen molar-refractivity contribution in [3.05, 3.63) is 17.3 Å². The molecule has 0 radical (unpaired) electrons. The molecule has 0 aliphatic heterocycles. The van der Waals surface area contributed by atoms with E-state index >= 15 is 0 Å². The number of hydrogen-bond acceptors (Lipinski definition) is 4. The molecule has 0 amide bonds. The van der Waals surface area contributed by atoms with Crippen LogP contribution in [0.25, 0.3) is 0 Å². The number of pyridine rings is 1. The van der Waals surface area contributed by atoms with Crippen LogP contribution >= 0.6 is 11.6 Å². The van der Waals surface area contributed by atoms with E-state index in [1.54, 1.807) is 6.92 Å². The van der Waals surface area contributed by atoms with E-state index in [2.05, 4.69) is 4.98 Å². The van der Waals surface area contributed by atoms with Crippen molar-refractivity contribution in [3.8, 4) is 5.88 Å². The van der Waals surface area contributed by atoms with E-state index < -0.39 is 7.12 Å². The summed E-state index contributed by atoms with van der Waals surface area (Å²) in [6.45, 7) is 2.17. The molecule has 0 aromatic carbocycles. The van der Waals surface area contributed by atoms with E-state index in [0.717, 1.165) is 0 Å². The van der Waals surface area contributed by atoms with Crippen LogP contribution in [0.5, 0.6) is 5.88 Å². The molecular formula is C7H9BClNO3. The van der Waals surface area contributed by atoms with Crippen molar-refractivity contribution in [2.75, 3.05) is 6.61 Å². The number of aromatic nitrogens is 1. The fourth-order valence-electron chi connectivity index (χ4n) is 0.877. The Morgan fingerprint density at radius 3 is 2.77 bits per heavy atom. The maximum Gasteiger partial charge on any atom is 0.494 e. The van der Waals surface area contributed by atoms with E-state index in [1.165, 1.54) is 12.1 Å². The van der Waals surface area contributed by atoms with E-state index in [9.17, 15) is 0 Å². The largest absolute Gasteiger partial charge is 0.494 e. The summed E-state index contributed by atoms with van der Waals surface area (Å²) in [6.07, 6.45) is 0. The Kier molecular flexibility index (Phi) is 3.53. The number of rotatable bonds is 3. The lowest BCUT2D eigenvalue weighted by atomic mass is 9.81. The molecule has 4 nitrogen and oxygen atoms in total. The summed E-state index contributed by atoms with van der Waals surface area (Å²) in [7, 11) is -1.59. The SMILES string of the molecule is CCOc1nc(Cl)ccc1B(O)O. The van der Waals surface area contributed by atoms with Crippen LogP contribution in [0.15, 0.2) is 12.1 Å². The van der Waals surface area contributed by atoms with Crippen LogP contribution in [-0.4, -0.2) is 28.8 Å². The Morgan fingerprint density at radius 2 is 2.23 bits per heavy atom. The molecule has 6 heteroatoms. The van der Waals surface area contributed by atoms with Crippen molar-refractivity contribution in [1.82, 2.24) is 4.98 Å². The second kappa shape index (κ2) is 4.46. The summed E-state index contributed by atoms with van der Waals surface area (Å²) in [5, 5.41) is 18.1. The lowest BCUT2D eigenvalue weighted by Crippen LogP contribution is -2.32. The van der Waals surface area contributed by atoms with Crippen molar-refractivity contribution >= 4 is 24.2 Å². The second-order valence-electron chi connectivity index (χ2n) is 2.34. The predicted molar refractivity (Wildman–Crippen MR) is 50.2 cm³/mol. The van der Waals surface area contributed by atoms with Crippen molar-refractivity contribution < 1.29 is 14.8 Å². The molecule has 1 heterocycles. The molecule has 0 bridgehead atoms. The fraction of sp³-hybridized carbons (Fsp3) is 0.286. The van der Waals surface area contributed by atoms with E-state index in [4.69, 9.17) is 26.4 Å². The molecule has 0 unspecified atom stereocenters. The van der Waals surface area contributed by atoms with Crippen LogP contribution in [0.4, 0.5) is 0 Å². The zero-order valence-corrected chi connectivity index (χ0v) is 7.82. The van der Waals surface area contributed by atoms with E-state index in [-0.39, 0.29) is 16.5 Å². The Hall–Kier alpha value is -0.775. The first-order chi connectivity index (χ1) is 6.15.